The molecule has 0 aliphatic heterocycles. The number of methoxy groups -OCH3 is 1. The zero-order valence-corrected chi connectivity index (χ0v) is 12.7. The molecule has 2 atom stereocenters. The SMILES string of the molecule is COC(=O)C(CNC1CCCC1(C)C)c1ccccc1. The van der Waals surface area contributed by atoms with E-state index in [0.29, 0.717) is 18.0 Å². The van der Waals surface area contributed by atoms with Crippen molar-refractivity contribution >= 4 is 5.97 Å². The fraction of sp³-hybridized carbons (Fsp3) is 0.588. The summed E-state index contributed by atoms with van der Waals surface area (Å²) in [7, 11) is 1.46. The van der Waals surface area contributed by atoms with Gasteiger partial charge in [-0.25, -0.2) is 0 Å². The molecule has 1 aliphatic carbocycles. The fourth-order valence-electron chi connectivity index (χ4n) is 3.13. The van der Waals surface area contributed by atoms with Crippen LogP contribution in [-0.2, 0) is 9.53 Å². The summed E-state index contributed by atoms with van der Waals surface area (Å²) in [6.07, 6.45) is 3.70. The third-order valence-electron chi connectivity index (χ3n) is 4.51. The summed E-state index contributed by atoms with van der Waals surface area (Å²) in [5.41, 5.74) is 1.33. The largest absolute Gasteiger partial charge is 0.469 e. The minimum atomic E-state index is -0.224. The maximum atomic E-state index is 12.0. The third kappa shape index (κ3) is 3.40. The zero-order chi connectivity index (χ0) is 14.6. The summed E-state index contributed by atoms with van der Waals surface area (Å²) in [5.74, 6) is -0.392. The highest BCUT2D eigenvalue weighted by molar-refractivity contribution is 5.78. The summed E-state index contributed by atoms with van der Waals surface area (Å²) >= 11 is 0. The lowest BCUT2D eigenvalue weighted by atomic mass is 9.87. The van der Waals surface area contributed by atoms with E-state index < -0.39 is 0 Å². The van der Waals surface area contributed by atoms with Gasteiger partial charge in [0.05, 0.1) is 13.0 Å². The van der Waals surface area contributed by atoms with Crippen LogP contribution < -0.4 is 5.32 Å². The lowest BCUT2D eigenvalue weighted by molar-refractivity contribution is -0.142. The first kappa shape index (κ1) is 15.0. The molecule has 0 aromatic heterocycles. The Morgan fingerprint density at radius 3 is 2.65 bits per heavy atom. The van der Waals surface area contributed by atoms with Crippen LogP contribution in [0.3, 0.4) is 0 Å². The van der Waals surface area contributed by atoms with Crippen molar-refractivity contribution in [3.63, 3.8) is 0 Å². The topological polar surface area (TPSA) is 38.3 Å². The first-order valence-electron chi connectivity index (χ1n) is 7.41. The molecule has 110 valence electrons. The number of hydrogen-bond donors (Lipinski definition) is 1. The van der Waals surface area contributed by atoms with Crippen molar-refractivity contribution in [1.29, 1.82) is 0 Å². The predicted octanol–water partition coefficient (Wildman–Crippen LogP) is 3.11. The molecule has 0 bridgehead atoms. The Kier molecular flexibility index (Phi) is 4.81. The van der Waals surface area contributed by atoms with Gasteiger partial charge in [0.1, 0.15) is 0 Å². The first-order chi connectivity index (χ1) is 9.54. The summed E-state index contributed by atoms with van der Waals surface area (Å²) < 4.78 is 4.96. The van der Waals surface area contributed by atoms with Crippen molar-refractivity contribution in [2.75, 3.05) is 13.7 Å². The van der Waals surface area contributed by atoms with E-state index in [-0.39, 0.29) is 11.9 Å². The van der Waals surface area contributed by atoms with Crippen LogP contribution in [0.15, 0.2) is 30.3 Å². The van der Waals surface area contributed by atoms with Gasteiger partial charge in [-0.3, -0.25) is 4.79 Å². The number of nitrogens with one attached hydrogen (secondary N) is 1. The standard InChI is InChI=1S/C17H25NO2/c1-17(2)11-7-10-15(17)18-12-14(16(19)20-3)13-8-5-4-6-9-13/h4-6,8-9,14-15,18H,7,10-12H2,1-3H3. The van der Waals surface area contributed by atoms with Crippen LogP contribution in [0.5, 0.6) is 0 Å². The van der Waals surface area contributed by atoms with Gasteiger partial charge in [0, 0.05) is 12.6 Å². The van der Waals surface area contributed by atoms with E-state index in [4.69, 9.17) is 4.74 Å². The van der Waals surface area contributed by atoms with Crippen molar-refractivity contribution in [2.45, 2.75) is 45.1 Å². The number of carbonyl (C=O) groups is 1. The van der Waals surface area contributed by atoms with Crippen LogP contribution in [-0.4, -0.2) is 25.7 Å². The lowest BCUT2D eigenvalue weighted by Crippen LogP contribution is -2.41. The highest BCUT2D eigenvalue weighted by Gasteiger charge is 2.35. The minimum Gasteiger partial charge on any atom is -0.469 e. The molecule has 1 N–H and O–H groups in total. The molecule has 2 unspecified atom stereocenters. The van der Waals surface area contributed by atoms with Gasteiger partial charge in [0.15, 0.2) is 0 Å². The van der Waals surface area contributed by atoms with Gasteiger partial charge in [-0.2, -0.15) is 0 Å². The molecule has 1 saturated carbocycles. The van der Waals surface area contributed by atoms with Gasteiger partial charge in [0.2, 0.25) is 0 Å². The summed E-state index contributed by atoms with van der Waals surface area (Å²) in [6.45, 7) is 5.24. The monoisotopic (exact) mass is 275 g/mol. The minimum absolute atomic E-state index is 0.167. The summed E-state index contributed by atoms with van der Waals surface area (Å²) in [5, 5.41) is 3.58. The molecule has 0 amide bonds. The van der Waals surface area contributed by atoms with E-state index in [9.17, 15) is 4.79 Å². The molecule has 1 aromatic rings. The second-order valence-corrected chi connectivity index (χ2v) is 6.33. The second-order valence-electron chi connectivity index (χ2n) is 6.33. The van der Waals surface area contributed by atoms with Crippen LogP contribution in [0, 0.1) is 5.41 Å². The van der Waals surface area contributed by atoms with Crippen LogP contribution >= 0.6 is 0 Å². The van der Waals surface area contributed by atoms with Crippen molar-refractivity contribution in [3.05, 3.63) is 35.9 Å². The molecule has 20 heavy (non-hydrogen) atoms. The lowest BCUT2D eigenvalue weighted by Gasteiger charge is -2.29. The molecule has 0 spiro atoms. The number of esters is 1. The highest BCUT2D eigenvalue weighted by Crippen LogP contribution is 2.37. The Labute approximate surface area is 121 Å². The van der Waals surface area contributed by atoms with E-state index in [1.165, 1.54) is 26.4 Å². The molecule has 2 rings (SSSR count). The van der Waals surface area contributed by atoms with Crippen LogP contribution in [0.2, 0.25) is 0 Å². The smallest absolute Gasteiger partial charge is 0.314 e. The van der Waals surface area contributed by atoms with E-state index >= 15 is 0 Å². The van der Waals surface area contributed by atoms with Crippen LogP contribution in [0.25, 0.3) is 0 Å². The molecule has 1 aromatic carbocycles. The highest BCUT2D eigenvalue weighted by atomic mass is 16.5. The predicted molar refractivity (Wildman–Crippen MR) is 80.6 cm³/mol. The van der Waals surface area contributed by atoms with Gasteiger partial charge in [-0.05, 0) is 23.8 Å². The Bertz CT molecular complexity index is 442. The quantitative estimate of drug-likeness (QED) is 0.839. The van der Waals surface area contributed by atoms with Crippen molar-refractivity contribution < 1.29 is 9.53 Å². The number of ether oxygens (including phenoxy) is 1. The molecule has 0 heterocycles. The van der Waals surface area contributed by atoms with Gasteiger partial charge in [0.25, 0.3) is 0 Å². The fourth-order valence-corrected chi connectivity index (χ4v) is 3.13. The van der Waals surface area contributed by atoms with Crippen molar-refractivity contribution in [2.24, 2.45) is 5.41 Å². The molecular weight excluding hydrogens is 250 g/mol. The molecule has 3 heteroatoms. The van der Waals surface area contributed by atoms with Gasteiger partial charge < -0.3 is 10.1 Å². The number of hydrogen-bond acceptors (Lipinski definition) is 3. The first-order valence-corrected chi connectivity index (χ1v) is 7.41. The second kappa shape index (κ2) is 6.40. The normalized spacial score (nSPS) is 22.4. The number of carbonyl (C=O) groups excluding carboxylic acids is 1. The molecule has 0 saturated heterocycles. The van der Waals surface area contributed by atoms with Crippen molar-refractivity contribution in [3.8, 4) is 0 Å². The van der Waals surface area contributed by atoms with Gasteiger partial charge in [-0.15, -0.1) is 0 Å². The van der Waals surface area contributed by atoms with E-state index in [0.717, 1.165) is 5.56 Å². The van der Waals surface area contributed by atoms with E-state index in [1.54, 1.807) is 0 Å². The van der Waals surface area contributed by atoms with E-state index in [2.05, 4.69) is 19.2 Å². The average molecular weight is 275 g/mol. The maximum Gasteiger partial charge on any atom is 0.314 e. The van der Waals surface area contributed by atoms with E-state index in [1.807, 2.05) is 30.3 Å². The summed E-state index contributed by atoms with van der Waals surface area (Å²) in [6, 6.07) is 10.4. The Morgan fingerprint density at radius 2 is 2.10 bits per heavy atom. The van der Waals surface area contributed by atoms with Crippen molar-refractivity contribution in [1.82, 2.24) is 5.32 Å². The van der Waals surface area contributed by atoms with Crippen LogP contribution in [0.4, 0.5) is 0 Å². The molecule has 3 nitrogen and oxygen atoms in total. The number of benzene rings is 1. The zero-order valence-electron chi connectivity index (χ0n) is 12.7. The molecule has 1 aliphatic rings. The average Bonchev–Trinajstić information content (AvgIpc) is 2.79. The van der Waals surface area contributed by atoms with Crippen LogP contribution in [0.1, 0.15) is 44.6 Å². The maximum absolute atomic E-state index is 12.0. The molecule has 0 radical (unpaired) electrons. The Hall–Kier alpha value is -1.35. The summed E-state index contributed by atoms with van der Waals surface area (Å²) in [4.78, 5) is 12.0. The number of rotatable bonds is 5. The van der Waals surface area contributed by atoms with Gasteiger partial charge >= 0.3 is 5.97 Å². The molecule has 1 fully saturated rings. The third-order valence-corrected chi connectivity index (χ3v) is 4.51. The Balaban J connectivity index is 2.04. The van der Waals surface area contributed by atoms with Gasteiger partial charge in [-0.1, -0.05) is 50.6 Å². The Morgan fingerprint density at radius 1 is 1.40 bits per heavy atom. The molecular formula is C17H25NO2.